The average Bonchev–Trinajstić information content (AvgIpc) is 3.49. The van der Waals surface area contributed by atoms with Gasteiger partial charge in [0.25, 0.3) is 5.91 Å². The molecule has 9 heteroatoms. The van der Waals surface area contributed by atoms with Gasteiger partial charge in [-0.05, 0) is 61.7 Å². The van der Waals surface area contributed by atoms with Gasteiger partial charge in [0, 0.05) is 42.5 Å². The SMILES string of the molecule is Cc1ccc(NC(=O)COc2ccc(N3C[C@H](C(=O)NC[C@H]4CCCO4)CC3=O)cc2)cc1Cl. The number of carbonyl (C=O) groups is 3. The molecule has 2 aromatic carbocycles. The van der Waals surface area contributed by atoms with Crippen molar-refractivity contribution in [1.82, 2.24) is 5.32 Å². The monoisotopic (exact) mass is 485 g/mol. The van der Waals surface area contributed by atoms with Crippen molar-refractivity contribution in [1.29, 1.82) is 0 Å². The Morgan fingerprint density at radius 1 is 1.21 bits per heavy atom. The lowest BCUT2D eigenvalue weighted by Gasteiger charge is -2.18. The summed E-state index contributed by atoms with van der Waals surface area (Å²) in [4.78, 5) is 38.7. The number of ether oxygens (including phenoxy) is 2. The van der Waals surface area contributed by atoms with E-state index in [1.54, 1.807) is 41.3 Å². The molecule has 2 N–H and O–H groups in total. The van der Waals surface area contributed by atoms with E-state index in [0.29, 0.717) is 35.2 Å². The highest BCUT2D eigenvalue weighted by Gasteiger charge is 2.35. The standard InChI is InChI=1S/C25H28ClN3O5/c1-16-4-5-18(12-22(16)26)28-23(30)15-34-20-8-6-19(7-9-20)29-14-17(11-24(29)31)25(32)27-13-21-3-2-10-33-21/h4-9,12,17,21H,2-3,10-11,13-15H2,1H3,(H,27,32)(H,28,30)/t17-,21-/m1/s1. The van der Waals surface area contributed by atoms with Crippen LogP contribution in [0.5, 0.6) is 5.75 Å². The highest BCUT2D eigenvalue weighted by Crippen LogP contribution is 2.27. The van der Waals surface area contributed by atoms with Gasteiger partial charge in [0.15, 0.2) is 6.61 Å². The van der Waals surface area contributed by atoms with E-state index in [4.69, 9.17) is 21.1 Å². The second-order valence-electron chi connectivity index (χ2n) is 8.58. The molecule has 0 bridgehead atoms. The van der Waals surface area contributed by atoms with Crippen LogP contribution >= 0.6 is 11.6 Å². The number of aryl methyl sites for hydroxylation is 1. The molecule has 0 radical (unpaired) electrons. The van der Waals surface area contributed by atoms with Crippen LogP contribution in [0.15, 0.2) is 42.5 Å². The lowest BCUT2D eigenvalue weighted by atomic mass is 10.1. The number of hydrogen-bond acceptors (Lipinski definition) is 5. The molecule has 2 aliphatic rings. The maximum atomic E-state index is 12.5. The van der Waals surface area contributed by atoms with E-state index in [-0.39, 0.29) is 42.8 Å². The number of amides is 3. The van der Waals surface area contributed by atoms with E-state index < -0.39 is 0 Å². The number of halogens is 1. The van der Waals surface area contributed by atoms with Gasteiger partial charge in [-0.15, -0.1) is 0 Å². The van der Waals surface area contributed by atoms with Crippen molar-refractivity contribution in [3.8, 4) is 5.75 Å². The lowest BCUT2D eigenvalue weighted by molar-refractivity contribution is -0.126. The van der Waals surface area contributed by atoms with Crippen LogP contribution in [0.2, 0.25) is 5.02 Å². The molecule has 2 heterocycles. The molecule has 0 aliphatic carbocycles. The first-order chi connectivity index (χ1) is 16.4. The summed E-state index contributed by atoms with van der Waals surface area (Å²) in [5.41, 5.74) is 2.21. The number of hydrogen-bond donors (Lipinski definition) is 2. The second-order valence-corrected chi connectivity index (χ2v) is 8.99. The summed E-state index contributed by atoms with van der Waals surface area (Å²) in [7, 11) is 0. The molecule has 0 saturated carbocycles. The molecular formula is C25H28ClN3O5. The third kappa shape index (κ3) is 6.07. The van der Waals surface area contributed by atoms with Crippen LogP contribution in [0.1, 0.15) is 24.8 Å². The third-order valence-corrected chi connectivity index (χ3v) is 6.40. The number of rotatable bonds is 8. The van der Waals surface area contributed by atoms with Gasteiger partial charge in [0.2, 0.25) is 11.8 Å². The smallest absolute Gasteiger partial charge is 0.262 e. The molecule has 8 nitrogen and oxygen atoms in total. The van der Waals surface area contributed by atoms with Crippen molar-refractivity contribution in [3.63, 3.8) is 0 Å². The molecule has 3 amide bonds. The minimum Gasteiger partial charge on any atom is -0.484 e. The van der Waals surface area contributed by atoms with E-state index in [9.17, 15) is 14.4 Å². The van der Waals surface area contributed by atoms with Gasteiger partial charge in [-0.25, -0.2) is 0 Å². The van der Waals surface area contributed by atoms with Crippen molar-refractivity contribution in [3.05, 3.63) is 53.1 Å². The fourth-order valence-corrected chi connectivity index (χ4v) is 4.22. The Balaban J connectivity index is 1.25. The third-order valence-electron chi connectivity index (χ3n) is 6.00. The summed E-state index contributed by atoms with van der Waals surface area (Å²) in [6.07, 6.45) is 2.22. The molecule has 0 aromatic heterocycles. The number of nitrogens with one attached hydrogen (secondary N) is 2. The van der Waals surface area contributed by atoms with Crippen molar-refractivity contribution in [2.75, 3.05) is 36.5 Å². The zero-order valence-electron chi connectivity index (χ0n) is 19.0. The molecule has 0 unspecified atom stereocenters. The quantitative estimate of drug-likeness (QED) is 0.598. The normalized spacial score (nSPS) is 19.8. The Labute approximate surface area is 203 Å². The summed E-state index contributed by atoms with van der Waals surface area (Å²) in [5.74, 6) is -0.410. The fourth-order valence-electron chi connectivity index (χ4n) is 4.04. The van der Waals surface area contributed by atoms with Crippen LogP contribution < -0.4 is 20.3 Å². The predicted octanol–water partition coefficient (Wildman–Crippen LogP) is 3.31. The number of nitrogens with zero attached hydrogens (tertiary/aromatic N) is 1. The van der Waals surface area contributed by atoms with Crippen LogP contribution in [-0.4, -0.2) is 50.1 Å². The van der Waals surface area contributed by atoms with E-state index in [1.807, 2.05) is 13.0 Å². The van der Waals surface area contributed by atoms with Gasteiger partial charge >= 0.3 is 0 Å². The number of benzene rings is 2. The Bertz CT molecular complexity index is 1050. The highest BCUT2D eigenvalue weighted by molar-refractivity contribution is 6.31. The zero-order valence-corrected chi connectivity index (χ0v) is 19.8. The Morgan fingerprint density at radius 2 is 2.00 bits per heavy atom. The minimum absolute atomic E-state index is 0.0708. The summed E-state index contributed by atoms with van der Waals surface area (Å²) >= 11 is 6.08. The van der Waals surface area contributed by atoms with E-state index in [0.717, 1.165) is 25.0 Å². The maximum Gasteiger partial charge on any atom is 0.262 e. The number of anilines is 2. The Kier molecular flexibility index (Phi) is 7.70. The molecule has 2 atom stereocenters. The van der Waals surface area contributed by atoms with Crippen molar-refractivity contribution in [2.45, 2.75) is 32.3 Å². The van der Waals surface area contributed by atoms with Gasteiger partial charge in [-0.1, -0.05) is 17.7 Å². The minimum atomic E-state index is -0.385. The molecule has 34 heavy (non-hydrogen) atoms. The van der Waals surface area contributed by atoms with Crippen LogP contribution in [0.3, 0.4) is 0 Å². The van der Waals surface area contributed by atoms with Crippen LogP contribution in [0.4, 0.5) is 11.4 Å². The first kappa shape index (κ1) is 24.0. The van der Waals surface area contributed by atoms with Crippen LogP contribution in [-0.2, 0) is 19.1 Å². The second kappa shape index (κ2) is 10.9. The van der Waals surface area contributed by atoms with Crippen LogP contribution in [0.25, 0.3) is 0 Å². The first-order valence-corrected chi connectivity index (χ1v) is 11.8. The average molecular weight is 486 g/mol. The molecule has 2 saturated heterocycles. The van der Waals surface area contributed by atoms with E-state index >= 15 is 0 Å². The van der Waals surface area contributed by atoms with Crippen LogP contribution in [0, 0.1) is 12.8 Å². The van der Waals surface area contributed by atoms with E-state index in [1.165, 1.54) is 0 Å². The molecule has 0 spiro atoms. The summed E-state index contributed by atoms with van der Waals surface area (Å²) in [6, 6.07) is 12.2. The maximum absolute atomic E-state index is 12.5. The molecule has 2 fully saturated rings. The van der Waals surface area contributed by atoms with Gasteiger partial charge in [0.1, 0.15) is 5.75 Å². The predicted molar refractivity (Wildman–Crippen MR) is 129 cm³/mol. The Hall–Kier alpha value is -3.10. The van der Waals surface area contributed by atoms with Gasteiger partial charge < -0.3 is 25.0 Å². The van der Waals surface area contributed by atoms with Gasteiger partial charge in [-0.3, -0.25) is 14.4 Å². The van der Waals surface area contributed by atoms with Crippen molar-refractivity contribution < 1.29 is 23.9 Å². The topological polar surface area (TPSA) is 97.0 Å². The zero-order chi connectivity index (χ0) is 24.1. The Morgan fingerprint density at radius 3 is 2.71 bits per heavy atom. The van der Waals surface area contributed by atoms with Crippen molar-refractivity contribution in [2.24, 2.45) is 5.92 Å². The first-order valence-electron chi connectivity index (χ1n) is 11.4. The lowest BCUT2D eigenvalue weighted by Crippen LogP contribution is -2.37. The summed E-state index contributed by atoms with van der Waals surface area (Å²) in [6.45, 7) is 3.28. The van der Waals surface area contributed by atoms with Gasteiger partial charge in [0.05, 0.1) is 12.0 Å². The fraction of sp³-hybridized carbons (Fsp3) is 0.400. The highest BCUT2D eigenvalue weighted by atomic mass is 35.5. The summed E-state index contributed by atoms with van der Waals surface area (Å²) < 4.78 is 11.1. The molecule has 2 aliphatic heterocycles. The molecule has 2 aromatic rings. The molecule has 4 rings (SSSR count). The van der Waals surface area contributed by atoms with E-state index in [2.05, 4.69) is 10.6 Å². The van der Waals surface area contributed by atoms with Crippen molar-refractivity contribution >= 4 is 40.7 Å². The molecule has 180 valence electrons. The number of carbonyl (C=O) groups excluding carboxylic acids is 3. The van der Waals surface area contributed by atoms with Gasteiger partial charge in [-0.2, -0.15) is 0 Å². The largest absolute Gasteiger partial charge is 0.484 e. The summed E-state index contributed by atoms with van der Waals surface area (Å²) in [5, 5.41) is 6.23. The molecular weight excluding hydrogens is 458 g/mol.